The van der Waals surface area contributed by atoms with Crippen LogP contribution in [-0.4, -0.2) is 19.7 Å². The lowest BCUT2D eigenvalue weighted by atomic mass is 10.1. The standard InChI is InChI=1S/C17H14F3N5O/c1-9(11-3-5-12(6-4-11)17(18,19)20)25-15-14(13(24-25)7-8-21)16(26)23-10(2)22-15/h3-6,9H,7H2,1-2H3,(H,22,23,26). The molecule has 3 rings (SSSR count). The summed E-state index contributed by atoms with van der Waals surface area (Å²) in [6.45, 7) is 3.36. The summed E-state index contributed by atoms with van der Waals surface area (Å²) in [6.07, 6.45) is -4.48. The normalized spacial score (nSPS) is 12.9. The first kappa shape index (κ1) is 17.7. The molecule has 0 fully saturated rings. The van der Waals surface area contributed by atoms with Crippen LogP contribution < -0.4 is 5.56 Å². The Hall–Kier alpha value is -3.15. The molecular formula is C17H14F3N5O. The molecule has 0 spiro atoms. The van der Waals surface area contributed by atoms with Crippen molar-refractivity contribution in [3.05, 3.63) is 57.3 Å². The van der Waals surface area contributed by atoms with E-state index in [1.807, 2.05) is 6.07 Å². The maximum Gasteiger partial charge on any atom is 0.416 e. The zero-order valence-electron chi connectivity index (χ0n) is 13.9. The number of hydrogen-bond acceptors (Lipinski definition) is 4. The Morgan fingerprint density at radius 3 is 2.54 bits per heavy atom. The summed E-state index contributed by atoms with van der Waals surface area (Å²) in [7, 11) is 0. The summed E-state index contributed by atoms with van der Waals surface area (Å²) in [4.78, 5) is 19.1. The van der Waals surface area contributed by atoms with Crippen molar-refractivity contribution in [1.82, 2.24) is 19.7 Å². The fraction of sp³-hybridized carbons (Fsp3) is 0.294. The lowest BCUT2D eigenvalue weighted by molar-refractivity contribution is -0.137. The molecule has 0 saturated carbocycles. The molecule has 0 aliphatic heterocycles. The van der Waals surface area contributed by atoms with Crippen molar-refractivity contribution in [2.24, 2.45) is 0 Å². The monoisotopic (exact) mass is 361 g/mol. The van der Waals surface area contributed by atoms with E-state index in [2.05, 4.69) is 15.1 Å². The van der Waals surface area contributed by atoms with E-state index < -0.39 is 23.3 Å². The highest BCUT2D eigenvalue weighted by Crippen LogP contribution is 2.31. The molecule has 2 heterocycles. The van der Waals surface area contributed by atoms with Gasteiger partial charge in [-0.25, -0.2) is 9.67 Å². The molecule has 0 saturated heterocycles. The van der Waals surface area contributed by atoms with Crippen LogP contribution in [0.4, 0.5) is 13.2 Å². The Morgan fingerprint density at radius 1 is 1.31 bits per heavy atom. The Kier molecular flexibility index (Phi) is 4.28. The molecule has 0 aliphatic carbocycles. The van der Waals surface area contributed by atoms with Gasteiger partial charge in [0.15, 0.2) is 5.65 Å². The number of rotatable bonds is 3. The van der Waals surface area contributed by atoms with Crippen LogP contribution in [0.5, 0.6) is 0 Å². The molecule has 6 nitrogen and oxygen atoms in total. The zero-order chi connectivity index (χ0) is 19.1. The van der Waals surface area contributed by atoms with Gasteiger partial charge in [0.2, 0.25) is 0 Å². The first-order valence-corrected chi connectivity index (χ1v) is 7.74. The van der Waals surface area contributed by atoms with Crippen LogP contribution in [-0.2, 0) is 12.6 Å². The second kappa shape index (κ2) is 6.29. The minimum absolute atomic E-state index is 0.0724. The molecule has 0 bridgehead atoms. The van der Waals surface area contributed by atoms with Gasteiger partial charge in [0.05, 0.1) is 29.8 Å². The summed E-state index contributed by atoms with van der Waals surface area (Å²) in [5.74, 6) is 0.381. The van der Waals surface area contributed by atoms with Crippen molar-refractivity contribution in [1.29, 1.82) is 5.26 Å². The van der Waals surface area contributed by atoms with Crippen molar-refractivity contribution >= 4 is 11.0 Å². The first-order chi connectivity index (χ1) is 12.2. The highest BCUT2D eigenvalue weighted by atomic mass is 19.4. The second-order valence-electron chi connectivity index (χ2n) is 5.87. The molecule has 1 aromatic carbocycles. The molecule has 0 radical (unpaired) electrons. The minimum Gasteiger partial charge on any atom is -0.310 e. The third-order valence-electron chi connectivity index (χ3n) is 4.09. The van der Waals surface area contributed by atoms with Crippen LogP contribution in [0.1, 0.15) is 35.6 Å². The van der Waals surface area contributed by atoms with Crippen LogP contribution >= 0.6 is 0 Å². The van der Waals surface area contributed by atoms with E-state index in [9.17, 15) is 18.0 Å². The van der Waals surface area contributed by atoms with Crippen LogP contribution in [0.2, 0.25) is 0 Å². The van der Waals surface area contributed by atoms with Crippen LogP contribution in [0, 0.1) is 18.3 Å². The van der Waals surface area contributed by atoms with E-state index in [-0.39, 0.29) is 17.5 Å². The maximum absolute atomic E-state index is 12.7. The molecule has 134 valence electrons. The Labute approximate surface area is 145 Å². The minimum atomic E-state index is -4.41. The first-order valence-electron chi connectivity index (χ1n) is 7.74. The average Bonchev–Trinajstić information content (AvgIpc) is 2.92. The molecule has 26 heavy (non-hydrogen) atoms. The average molecular weight is 361 g/mol. The summed E-state index contributed by atoms with van der Waals surface area (Å²) >= 11 is 0. The number of fused-ring (bicyclic) bond motifs is 1. The predicted molar refractivity (Wildman–Crippen MR) is 87.5 cm³/mol. The van der Waals surface area contributed by atoms with Gasteiger partial charge < -0.3 is 4.98 Å². The van der Waals surface area contributed by atoms with Gasteiger partial charge in [-0.15, -0.1) is 0 Å². The largest absolute Gasteiger partial charge is 0.416 e. The summed E-state index contributed by atoms with van der Waals surface area (Å²) in [5, 5.41) is 13.5. The Balaban J connectivity index is 2.13. The number of nitrogens with zero attached hydrogens (tertiary/aromatic N) is 4. The van der Waals surface area contributed by atoms with Crippen molar-refractivity contribution in [2.75, 3.05) is 0 Å². The van der Waals surface area contributed by atoms with Crippen LogP contribution in [0.3, 0.4) is 0 Å². The zero-order valence-corrected chi connectivity index (χ0v) is 13.9. The van der Waals surface area contributed by atoms with Crippen molar-refractivity contribution in [3.8, 4) is 6.07 Å². The predicted octanol–water partition coefficient (Wildman–Crippen LogP) is 3.12. The van der Waals surface area contributed by atoms with Gasteiger partial charge in [-0.3, -0.25) is 4.79 Å². The van der Waals surface area contributed by atoms with Gasteiger partial charge in [0.25, 0.3) is 5.56 Å². The number of aryl methyl sites for hydroxylation is 1. The Morgan fingerprint density at radius 2 is 1.96 bits per heavy atom. The molecule has 1 atom stereocenters. The SMILES string of the molecule is Cc1nc2c(c(CC#N)nn2C(C)c2ccc(C(F)(F)F)cc2)c(=O)[nH]1. The molecule has 9 heteroatoms. The number of benzene rings is 1. The Bertz CT molecular complexity index is 1060. The number of nitrogens with one attached hydrogen (secondary N) is 1. The number of nitriles is 1. The number of aromatic amines is 1. The summed E-state index contributed by atoms with van der Waals surface area (Å²) < 4.78 is 39.7. The van der Waals surface area contributed by atoms with Crippen molar-refractivity contribution < 1.29 is 13.2 Å². The third kappa shape index (κ3) is 3.06. The summed E-state index contributed by atoms with van der Waals surface area (Å²) in [6, 6.07) is 6.21. The maximum atomic E-state index is 12.7. The molecular weight excluding hydrogens is 347 g/mol. The molecule has 2 aromatic heterocycles. The second-order valence-corrected chi connectivity index (χ2v) is 5.87. The van der Waals surface area contributed by atoms with Gasteiger partial charge in [-0.1, -0.05) is 12.1 Å². The van der Waals surface area contributed by atoms with E-state index in [1.165, 1.54) is 16.8 Å². The van der Waals surface area contributed by atoms with Crippen molar-refractivity contribution in [2.45, 2.75) is 32.5 Å². The van der Waals surface area contributed by atoms with E-state index in [0.717, 1.165) is 12.1 Å². The number of halogens is 3. The topological polar surface area (TPSA) is 87.4 Å². The lowest BCUT2D eigenvalue weighted by Crippen LogP contribution is -2.13. The van der Waals surface area contributed by atoms with E-state index in [4.69, 9.17) is 5.26 Å². The highest BCUT2D eigenvalue weighted by Gasteiger charge is 2.30. The number of hydrogen-bond donors (Lipinski definition) is 1. The van der Waals surface area contributed by atoms with E-state index >= 15 is 0 Å². The van der Waals surface area contributed by atoms with Gasteiger partial charge >= 0.3 is 6.18 Å². The fourth-order valence-electron chi connectivity index (χ4n) is 2.78. The third-order valence-corrected chi connectivity index (χ3v) is 4.09. The number of aromatic nitrogens is 4. The van der Waals surface area contributed by atoms with Gasteiger partial charge in [-0.2, -0.15) is 23.5 Å². The fourth-order valence-corrected chi connectivity index (χ4v) is 2.78. The van der Waals surface area contributed by atoms with Crippen LogP contribution in [0.25, 0.3) is 11.0 Å². The van der Waals surface area contributed by atoms with E-state index in [0.29, 0.717) is 17.0 Å². The number of H-pyrrole nitrogens is 1. The number of alkyl halides is 3. The molecule has 1 unspecified atom stereocenters. The quantitative estimate of drug-likeness (QED) is 0.776. The van der Waals surface area contributed by atoms with Crippen LogP contribution in [0.15, 0.2) is 29.1 Å². The highest BCUT2D eigenvalue weighted by molar-refractivity contribution is 5.77. The molecule has 0 amide bonds. The van der Waals surface area contributed by atoms with Gasteiger partial charge in [0, 0.05) is 0 Å². The van der Waals surface area contributed by atoms with Gasteiger partial charge in [0.1, 0.15) is 11.2 Å². The summed E-state index contributed by atoms with van der Waals surface area (Å²) in [5.41, 5.74) is 0.0162. The molecule has 1 N–H and O–H groups in total. The molecule has 0 aliphatic rings. The molecule has 3 aromatic rings. The van der Waals surface area contributed by atoms with Crippen molar-refractivity contribution in [3.63, 3.8) is 0 Å². The van der Waals surface area contributed by atoms with Gasteiger partial charge in [-0.05, 0) is 31.5 Å². The lowest BCUT2D eigenvalue weighted by Gasteiger charge is -2.15. The smallest absolute Gasteiger partial charge is 0.310 e. The van der Waals surface area contributed by atoms with E-state index in [1.54, 1.807) is 13.8 Å².